The fourth-order valence-electron chi connectivity index (χ4n) is 1.76. The second kappa shape index (κ2) is 4.78. The van der Waals surface area contributed by atoms with E-state index < -0.39 is 0 Å². The van der Waals surface area contributed by atoms with Crippen LogP contribution in [0.3, 0.4) is 0 Å². The number of hydrogen-bond donors (Lipinski definition) is 2. The molecule has 1 aliphatic heterocycles. The molecule has 1 heterocycles. The van der Waals surface area contributed by atoms with Crippen LogP contribution < -0.4 is 11.1 Å². The Hall–Kier alpha value is -1.16. The van der Waals surface area contributed by atoms with E-state index in [2.05, 4.69) is 18.3 Å². The van der Waals surface area contributed by atoms with Crippen LogP contribution in [0.15, 0.2) is 17.0 Å². The molecule has 0 fully saturated rings. The molecule has 0 aromatic heterocycles. The van der Waals surface area contributed by atoms with Crippen LogP contribution in [0.2, 0.25) is 0 Å². The van der Waals surface area contributed by atoms with E-state index in [1.165, 1.54) is 5.56 Å². The van der Waals surface area contributed by atoms with E-state index in [0.29, 0.717) is 6.42 Å². The standard InChI is InChI=1S/C12H16N2OS/c1-2-5-16-11-6-8-3-4-12(15)14-10(8)7-9(11)13/h6-7H,2-5,13H2,1H3,(H,14,15). The first-order chi connectivity index (χ1) is 7.70. The number of anilines is 2. The zero-order valence-electron chi connectivity index (χ0n) is 9.38. The minimum absolute atomic E-state index is 0.0841. The predicted octanol–water partition coefficient (Wildman–Crippen LogP) is 2.66. The van der Waals surface area contributed by atoms with Gasteiger partial charge in [0.2, 0.25) is 5.91 Å². The highest BCUT2D eigenvalue weighted by Crippen LogP contribution is 2.33. The van der Waals surface area contributed by atoms with Crippen molar-refractivity contribution in [3.8, 4) is 0 Å². The third-order valence-corrected chi connectivity index (χ3v) is 3.87. The smallest absolute Gasteiger partial charge is 0.224 e. The average Bonchev–Trinajstić information content (AvgIpc) is 2.26. The van der Waals surface area contributed by atoms with Crippen LogP contribution in [0.4, 0.5) is 11.4 Å². The first-order valence-corrected chi connectivity index (χ1v) is 6.54. The van der Waals surface area contributed by atoms with E-state index in [1.54, 1.807) is 11.8 Å². The molecule has 4 heteroatoms. The summed E-state index contributed by atoms with van der Waals surface area (Å²) < 4.78 is 0. The van der Waals surface area contributed by atoms with Crippen LogP contribution in [-0.2, 0) is 11.2 Å². The second-order valence-corrected chi connectivity index (χ2v) is 5.08. The summed E-state index contributed by atoms with van der Waals surface area (Å²) in [5, 5.41) is 2.86. The number of carbonyl (C=O) groups is 1. The maximum atomic E-state index is 11.2. The summed E-state index contributed by atoms with van der Waals surface area (Å²) in [6.07, 6.45) is 2.54. The highest BCUT2D eigenvalue weighted by Gasteiger charge is 2.16. The van der Waals surface area contributed by atoms with Gasteiger partial charge >= 0.3 is 0 Å². The molecule has 1 aliphatic rings. The lowest BCUT2D eigenvalue weighted by Gasteiger charge is -2.18. The molecule has 0 aliphatic carbocycles. The summed E-state index contributed by atoms with van der Waals surface area (Å²) in [7, 11) is 0. The van der Waals surface area contributed by atoms with E-state index in [4.69, 9.17) is 5.73 Å². The number of nitrogens with one attached hydrogen (secondary N) is 1. The molecule has 2 rings (SSSR count). The predicted molar refractivity (Wildman–Crippen MR) is 68.8 cm³/mol. The molecule has 0 saturated heterocycles. The Labute approximate surface area is 99.8 Å². The zero-order chi connectivity index (χ0) is 11.5. The van der Waals surface area contributed by atoms with Gasteiger partial charge in [-0.05, 0) is 36.3 Å². The van der Waals surface area contributed by atoms with Crippen molar-refractivity contribution in [1.29, 1.82) is 0 Å². The molecule has 3 N–H and O–H groups in total. The third-order valence-electron chi connectivity index (χ3n) is 2.59. The fourth-order valence-corrected chi connectivity index (χ4v) is 2.64. The Morgan fingerprint density at radius 1 is 1.44 bits per heavy atom. The molecule has 3 nitrogen and oxygen atoms in total. The SMILES string of the molecule is CCCSc1cc2c(cc1N)NC(=O)CC2. The molecular weight excluding hydrogens is 220 g/mol. The summed E-state index contributed by atoms with van der Waals surface area (Å²) in [6, 6.07) is 3.99. The maximum absolute atomic E-state index is 11.2. The van der Waals surface area contributed by atoms with Crippen molar-refractivity contribution in [2.24, 2.45) is 0 Å². The van der Waals surface area contributed by atoms with Gasteiger partial charge in [-0.15, -0.1) is 11.8 Å². The molecule has 1 amide bonds. The Balaban J connectivity index is 2.27. The maximum Gasteiger partial charge on any atom is 0.224 e. The van der Waals surface area contributed by atoms with Gasteiger partial charge in [-0.3, -0.25) is 4.79 Å². The number of thioether (sulfide) groups is 1. The van der Waals surface area contributed by atoms with E-state index in [-0.39, 0.29) is 5.91 Å². The minimum Gasteiger partial charge on any atom is -0.398 e. The molecule has 0 atom stereocenters. The lowest BCUT2D eigenvalue weighted by Crippen LogP contribution is -2.19. The Morgan fingerprint density at radius 2 is 2.25 bits per heavy atom. The Bertz CT molecular complexity index is 418. The van der Waals surface area contributed by atoms with Crippen LogP contribution in [0.1, 0.15) is 25.3 Å². The largest absolute Gasteiger partial charge is 0.398 e. The van der Waals surface area contributed by atoms with Gasteiger partial charge in [-0.1, -0.05) is 6.92 Å². The fraction of sp³-hybridized carbons (Fsp3) is 0.417. The number of fused-ring (bicyclic) bond motifs is 1. The molecule has 0 radical (unpaired) electrons. The molecule has 0 bridgehead atoms. The molecule has 0 spiro atoms. The molecule has 86 valence electrons. The normalized spacial score (nSPS) is 14.4. The second-order valence-electron chi connectivity index (χ2n) is 3.94. The van der Waals surface area contributed by atoms with Crippen molar-refractivity contribution in [2.45, 2.75) is 31.1 Å². The van der Waals surface area contributed by atoms with Crippen LogP contribution in [0.5, 0.6) is 0 Å². The lowest BCUT2D eigenvalue weighted by molar-refractivity contribution is -0.116. The van der Waals surface area contributed by atoms with Gasteiger partial charge in [-0.25, -0.2) is 0 Å². The average molecular weight is 236 g/mol. The molecule has 0 saturated carbocycles. The van der Waals surface area contributed by atoms with Crippen LogP contribution >= 0.6 is 11.8 Å². The van der Waals surface area contributed by atoms with Crippen molar-refractivity contribution >= 4 is 29.0 Å². The summed E-state index contributed by atoms with van der Waals surface area (Å²) in [4.78, 5) is 12.4. The lowest BCUT2D eigenvalue weighted by atomic mass is 10.0. The number of rotatable bonds is 3. The quantitative estimate of drug-likeness (QED) is 0.626. The monoisotopic (exact) mass is 236 g/mol. The Morgan fingerprint density at radius 3 is 3.00 bits per heavy atom. The Kier molecular flexibility index (Phi) is 3.39. The van der Waals surface area contributed by atoms with E-state index in [9.17, 15) is 4.79 Å². The zero-order valence-corrected chi connectivity index (χ0v) is 10.2. The highest BCUT2D eigenvalue weighted by molar-refractivity contribution is 7.99. The van der Waals surface area contributed by atoms with Crippen LogP contribution in [0, 0.1) is 0 Å². The molecule has 16 heavy (non-hydrogen) atoms. The van der Waals surface area contributed by atoms with Gasteiger partial charge < -0.3 is 11.1 Å². The summed E-state index contributed by atoms with van der Waals surface area (Å²) in [5.74, 6) is 1.16. The first-order valence-electron chi connectivity index (χ1n) is 5.55. The van der Waals surface area contributed by atoms with Gasteiger partial charge in [0, 0.05) is 22.7 Å². The number of hydrogen-bond acceptors (Lipinski definition) is 3. The molecule has 0 unspecified atom stereocenters. The molecular formula is C12H16N2OS. The van der Waals surface area contributed by atoms with Crippen LogP contribution in [-0.4, -0.2) is 11.7 Å². The molecule has 1 aromatic carbocycles. The van der Waals surface area contributed by atoms with Crippen molar-refractivity contribution < 1.29 is 4.79 Å². The summed E-state index contributed by atoms with van der Waals surface area (Å²) in [6.45, 7) is 2.15. The number of aryl methyl sites for hydroxylation is 1. The van der Waals surface area contributed by atoms with Crippen LogP contribution in [0.25, 0.3) is 0 Å². The van der Waals surface area contributed by atoms with Gasteiger partial charge in [0.1, 0.15) is 0 Å². The number of amides is 1. The van der Waals surface area contributed by atoms with E-state index in [1.807, 2.05) is 6.07 Å². The summed E-state index contributed by atoms with van der Waals surface area (Å²) in [5.41, 5.74) is 8.81. The minimum atomic E-state index is 0.0841. The van der Waals surface area contributed by atoms with Crippen molar-refractivity contribution in [3.05, 3.63) is 17.7 Å². The van der Waals surface area contributed by atoms with Gasteiger partial charge in [0.05, 0.1) is 0 Å². The van der Waals surface area contributed by atoms with Gasteiger partial charge in [0.25, 0.3) is 0 Å². The van der Waals surface area contributed by atoms with Crippen molar-refractivity contribution in [1.82, 2.24) is 0 Å². The van der Waals surface area contributed by atoms with E-state index >= 15 is 0 Å². The number of nitrogens with two attached hydrogens (primary N) is 1. The molecule has 1 aromatic rings. The topological polar surface area (TPSA) is 55.1 Å². The van der Waals surface area contributed by atoms with Gasteiger partial charge in [-0.2, -0.15) is 0 Å². The highest BCUT2D eigenvalue weighted by atomic mass is 32.2. The number of benzene rings is 1. The van der Waals surface area contributed by atoms with Crippen molar-refractivity contribution in [3.63, 3.8) is 0 Å². The number of carbonyl (C=O) groups excluding carboxylic acids is 1. The third kappa shape index (κ3) is 2.32. The van der Waals surface area contributed by atoms with Crippen molar-refractivity contribution in [2.75, 3.05) is 16.8 Å². The summed E-state index contributed by atoms with van der Waals surface area (Å²) >= 11 is 1.78. The van der Waals surface area contributed by atoms with Gasteiger partial charge in [0.15, 0.2) is 0 Å². The van der Waals surface area contributed by atoms with E-state index in [0.717, 1.165) is 34.9 Å². The number of nitrogen functional groups attached to an aromatic ring is 1. The first kappa shape index (κ1) is 11.3.